The topological polar surface area (TPSA) is 246 Å². The van der Waals surface area contributed by atoms with Crippen LogP contribution >= 0.6 is 57.8 Å². The van der Waals surface area contributed by atoms with E-state index in [1.54, 1.807) is 92.0 Å². The van der Waals surface area contributed by atoms with Crippen molar-refractivity contribution < 1.29 is 66.8 Å². The van der Waals surface area contributed by atoms with Crippen LogP contribution in [-0.4, -0.2) is 112 Å². The third-order valence-electron chi connectivity index (χ3n) is 13.5. The highest BCUT2D eigenvalue weighted by Crippen LogP contribution is 2.48. The van der Waals surface area contributed by atoms with Gasteiger partial charge in [-0.15, -0.1) is 46.2 Å². The molecule has 2 amide bonds. The smallest absolute Gasteiger partial charge is 0.497 e. The number of hydrogen-bond acceptors (Lipinski definition) is 22. The van der Waals surface area contributed by atoms with Gasteiger partial charge < -0.3 is 53.5 Å². The van der Waals surface area contributed by atoms with Crippen molar-refractivity contribution >= 4 is 115 Å². The Balaban J connectivity index is 0.994. The molecule has 0 aliphatic carbocycles. The Morgan fingerprint density at radius 1 is 0.767 bits per heavy atom. The summed E-state index contributed by atoms with van der Waals surface area (Å²) in [5.41, 5.74) is -2.65. The molecule has 2 unspecified atom stereocenters. The summed E-state index contributed by atoms with van der Waals surface area (Å²) in [4.78, 5) is 109. The molecule has 472 valence electrons. The number of thioether (sulfide) groups is 2. The number of fused-ring (bicyclic) bond motifs is 2. The van der Waals surface area contributed by atoms with Crippen molar-refractivity contribution in [1.29, 1.82) is 0 Å². The number of methoxy groups -OCH3 is 1. The molecule has 5 aromatic carbocycles. The van der Waals surface area contributed by atoms with Gasteiger partial charge in [0.2, 0.25) is 12.5 Å². The fourth-order valence-electron chi connectivity index (χ4n) is 9.59. The third kappa shape index (κ3) is 15.9. The monoisotopic (exact) mass is 1320 g/mol. The van der Waals surface area contributed by atoms with E-state index in [9.17, 15) is 33.6 Å². The molecule has 90 heavy (non-hydrogen) atoms. The second-order valence-corrected chi connectivity index (χ2v) is 28.5. The quantitative estimate of drug-likeness (QED) is 0.0105. The number of carbonyl (C=O) groups is 6. The Kier molecular flexibility index (Phi) is 20.3. The zero-order valence-electron chi connectivity index (χ0n) is 50.9. The average molecular weight is 1320 g/mol. The maximum Gasteiger partial charge on any atom is 0.514 e. The van der Waals surface area contributed by atoms with Crippen LogP contribution in [0.25, 0.3) is 10.1 Å². The maximum absolute atomic E-state index is 14.7. The molecule has 2 aromatic heterocycles. The van der Waals surface area contributed by atoms with Crippen molar-refractivity contribution in [2.45, 2.75) is 107 Å². The van der Waals surface area contributed by atoms with E-state index in [2.05, 4.69) is 15.8 Å². The number of thiazole rings is 1. The fourth-order valence-corrected chi connectivity index (χ4v) is 14.8. The van der Waals surface area contributed by atoms with E-state index < -0.39 is 93.0 Å². The summed E-state index contributed by atoms with van der Waals surface area (Å²) >= 11 is 11.6. The number of nitrogens with zero attached hydrogens (tertiary/aromatic N) is 3. The second-order valence-electron chi connectivity index (χ2n) is 23.9. The summed E-state index contributed by atoms with van der Waals surface area (Å²) < 4.78 is 39.1. The minimum atomic E-state index is -1.41. The number of β-lactam (4-membered cyclic amide) rings is 1. The van der Waals surface area contributed by atoms with E-state index in [1.807, 2.05) is 91.0 Å². The van der Waals surface area contributed by atoms with Crippen LogP contribution in [0.3, 0.4) is 0 Å². The summed E-state index contributed by atoms with van der Waals surface area (Å²) in [6.07, 6.45) is -2.33. The largest absolute Gasteiger partial charge is 0.514 e. The zero-order chi connectivity index (χ0) is 64.8. The normalized spacial score (nSPS) is 16.8. The molecule has 0 radical (unpaired) electrons. The summed E-state index contributed by atoms with van der Waals surface area (Å²) in [6, 6.07) is 38.0. The van der Waals surface area contributed by atoms with E-state index in [0.29, 0.717) is 20.7 Å². The summed E-state index contributed by atoms with van der Waals surface area (Å²) in [5.74, 6) is -2.88. The standard InChI is InChI=1S/C65H66ClN5O15S4/c1-61(2,3)84-47(73)33-81-70-50(44-34-87-58(67-44)69-65(39-20-14-11-15-21-39,40-22-16-12-17-23-40)41-24-18-13-19-25-41)54(74)68-51-55(75)71-35-64(37-89-56(51)71,57(76)80-32-38-26-28-42(79-10)29-27-38)36-88-48-31-45(72)43-30-46(82-59(77)85-62(4,5)6)52(49(66)53(43)90-48)83-60(78)86-63(7,8)9/h11-31,34,51,56H,32-33,35-37H2,1-10H3,(H,67,69)(H,68,74)/t51?,56-,64?/m1/s1. The average Bonchev–Trinajstić information content (AvgIpc) is 0.922. The molecular formula is C65H66ClN5O15S4. The van der Waals surface area contributed by atoms with Crippen LogP contribution in [0.4, 0.5) is 14.7 Å². The van der Waals surface area contributed by atoms with Gasteiger partial charge in [0.1, 0.15) is 62.2 Å². The number of esters is 2. The molecule has 2 aliphatic heterocycles. The first kappa shape index (κ1) is 66.3. The summed E-state index contributed by atoms with van der Waals surface area (Å²) in [5, 5.41) is 11.8. The lowest BCUT2D eigenvalue weighted by Crippen LogP contribution is -2.74. The number of ether oxygens (including phenoxy) is 7. The number of carbonyl (C=O) groups excluding carboxylic acids is 6. The molecule has 9 rings (SSSR count). The van der Waals surface area contributed by atoms with Crippen LogP contribution in [0.1, 0.15) is 90.3 Å². The molecule has 2 N–H and O–H groups in total. The molecule has 0 saturated carbocycles. The van der Waals surface area contributed by atoms with Crippen molar-refractivity contribution in [2.75, 3.05) is 37.1 Å². The molecule has 3 atom stereocenters. The third-order valence-corrected chi connectivity index (χ3v) is 19.0. The number of aromatic nitrogens is 1. The highest BCUT2D eigenvalue weighted by molar-refractivity contribution is 8.01. The summed E-state index contributed by atoms with van der Waals surface area (Å²) in [6.45, 7) is 13.9. The first-order valence-corrected chi connectivity index (χ1v) is 32.4. The van der Waals surface area contributed by atoms with Gasteiger partial charge in [-0.2, -0.15) is 0 Å². The first-order valence-electron chi connectivity index (χ1n) is 28.2. The Morgan fingerprint density at radius 2 is 1.34 bits per heavy atom. The van der Waals surface area contributed by atoms with Gasteiger partial charge in [0.15, 0.2) is 27.8 Å². The van der Waals surface area contributed by atoms with Gasteiger partial charge in [-0.05, 0) is 103 Å². The molecular weight excluding hydrogens is 1250 g/mol. The van der Waals surface area contributed by atoms with Crippen molar-refractivity contribution in [3.8, 4) is 17.2 Å². The Hall–Kier alpha value is -8.16. The number of nitrogens with one attached hydrogen (secondary N) is 2. The van der Waals surface area contributed by atoms with Gasteiger partial charge in [0.25, 0.3) is 5.91 Å². The number of amides is 2. The van der Waals surface area contributed by atoms with E-state index >= 15 is 0 Å². The molecule has 0 bridgehead atoms. The van der Waals surface area contributed by atoms with E-state index in [4.69, 9.17) is 54.6 Å². The zero-order valence-corrected chi connectivity index (χ0v) is 54.9. The highest BCUT2D eigenvalue weighted by atomic mass is 35.5. The second kappa shape index (κ2) is 27.5. The number of oxime groups is 1. The number of rotatable bonds is 20. The van der Waals surface area contributed by atoms with Crippen LogP contribution < -0.4 is 30.3 Å². The number of benzene rings is 5. The minimum Gasteiger partial charge on any atom is -0.497 e. The van der Waals surface area contributed by atoms with Gasteiger partial charge in [-0.25, -0.2) is 19.4 Å². The van der Waals surface area contributed by atoms with Gasteiger partial charge >= 0.3 is 24.2 Å². The molecule has 20 nitrogen and oxygen atoms in total. The van der Waals surface area contributed by atoms with E-state index in [1.165, 1.54) is 47.2 Å². The Labute approximate surface area is 541 Å². The number of hydrogen-bond donors (Lipinski definition) is 2. The molecule has 25 heteroatoms. The van der Waals surface area contributed by atoms with Gasteiger partial charge in [-0.3, -0.25) is 19.2 Å². The van der Waals surface area contributed by atoms with Gasteiger partial charge in [0, 0.05) is 34.9 Å². The predicted molar refractivity (Wildman–Crippen MR) is 346 cm³/mol. The van der Waals surface area contributed by atoms with Gasteiger partial charge in [0.05, 0.1) is 16.0 Å². The van der Waals surface area contributed by atoms with Crippen LogP contribution in [0.2, 0.25) is 5.02 Å². The Morgan fingerprint density at radius 3 is 1.91 bits per heavy atom. The Bertz CT molecular complexity index is 3790. The molecule has 0 spiro atoms. The highest BCUT2D eigenvalue weighted by Gasteiger charge is 2.58. The predicted octanol–water partition coefficient (Wildman–Crippen LogP) is 12.4. The minimum absolute atomic E-state index is 0.0132. The van der Waals surface area contributed by atoms with Crippen molar-refractivity contribution in [1.82, 2.24) is 15.2 Å². The van der Waals surface area contributed by atoms with Crippen molar-refractivity contribution in [2.24, 2.45) is 10.6 Å². The number of anilines is 1. The lowest BCUT2D eigenvalue weighted by Gasteiger charge is -2.54. The molecule has 4 heterocycles. The van der Waals surface area contributed by atoms with E-state index in [-0.39, 0.29) is 56.9 Å². The fraction of sp³-hybridized carbons (Fsp3) is 0.338. The van der Waals surface area contributed by atoms with Gasteiger partial charge in [-0.1, -0.05) is 120 Å². The lowest BCUT2D eigenvalue weighted by atomic mass is 9.77. The lowest BCUT2D eigenvalue weighted by molar-refractivity contribution is -0.162. The molecule has 7 aromatic rings. The van der Waals surface area contributed by atoms with Crippen LogP contribution in [0.5, 0.6) is 17.2 Å². The van der Waals surface area contributed by atoms with Crippen LogP contribution in [0.15, 0.2) is 147 Å². The number of halogens is 1. The van der Waals surface area contributed by atoms with Crippen molar-refractivity contribution in [3.05, 3.63) is 176 Å². The van der Waals surface area contributed by atoms with E-state index in [0.717, 1.165) is 39.8 Å². The van der Waals surface area contributed by atoms with Crippen molar-refractivity contribution in [3.63, 3.8) is 0 Å². The maximum atomic E-state index is 14.7. The summed E-state index contributed by atoms with van der Waals surface area (Å²) in [7, 11) is 1.53. The molecule has 2 fully saturated rings. The first-order chi connectivity index (χ1) is 42.6. The molecule has 2 saturated heterocycles. The van der Waals surface area contributed by atoms with Crippen LogP contribution in [0, 0.1) is 5.41 Å². The SMILES string of the molecule is COc1ccc(COC(=O)C2(CSc3cc(=O)c4cc(OC(=O)OC(C)(C)C)c(OC(=O)OC(C)(C)C)c(Cl)c4s3)CS[C@@H]3C(NC(=O)C(=NOCC(=O)OC(C)(C)C)c4csc(NC(c5ccccc5)(c5ccccc5)c5ccccc5)n4)C(=O)N3C2)cc1. The molecule has 2 aliphatic rings. The van der Waals surface area contributed by atoms with Crippen LogP contribution in [-0.2, 0) is 55.1 Å².